The van der Waals surface area contributed by atoms with Gasteiger partial charge in [-0.25, -0.2) is 0 Å². The largest absolute Gasteiger partial charge is 0.348 e. The fourth-order valence-electron chi connectivity index (χ4n) is 2.47. The van der Waals surface area contributed by atoms with E-state index in [1.165, 1.54) is 0 Å². The minimum Gasteiger partial charge on any atom is -0.348 e. The van der Waals surface area contributed by atoms with E-state index in [1.54, 1.807) is 0 Å². The third-order valence-corrected chi connectivity index (χ3v) is 4.31. The Kier molecular flexibility index (Phi) is 4.63. The van der Waals surface area contributed by atoms with Crippen LogP contribution < -0.4 is 10.6 Å². The van der Waals surface area contributed by atoms with Gasteiger partial charge in [0.2, 0.25) is 5.91 Å². The molecule has 2 rings (SSSR count). The van der Waals surface area contributed by atoms with E-state index >= 15 is 0 Å². The Morgan fingerprint density at radius 3 is 2.89 bits per heavy atom. The van der Waals surface area contributed by atoms with Crippen LogP contribution in [0.4, 0.5) is 0 Å². The van der Waals surface area contributed by atoms with Crippen LogP contribution in [0.2, 0.25) is 0 Å². The first-order valence-corrected chi connectivity index (χ1v) is 7.62. The lowest BCUT2D eigenvalue weighted by molar-refractivity contribution is -0.128. The maximum atomic E-state index is 12.4. The maximum absolute atomic E-state index is 12.4. The lowest BCUT2D eigenvalue weighted by atomic mass is 9.89. The van der Waals surface area contributed by atoms with Gasteiger partial charge in [0.05, 0.1) is 11.6 Å². The van der Waals surface area contributed by atoms with Crippen molar-refractivity contribution in [3.8, 4) is 0 Å². The lowest BCUT2D eigenvalue weighted by Crippen LogP contribution is -2.57. The molecule has 1 aliphatic heterocycles. The molecule has 2 atom stereocenters. The van der Waals surface area contributed by atoms with Gasteiger partial charge in [0.1, 0.15) is 0 Å². The van der Waals surface area contributed by atoms with E-state index in [-0.39, 0.29) is 11.9 Å². The van der Waals surface area contributed by atoms with Gasteiger partial charge < -0.3 is 10.6 Å². The number of carbonyl (C=O) groups excluding carboxylic acids is 1. The molecule has 1 amide bonds. The van der Waals surface area contributed by atoms with Crippen LogP contribution in [0.15, 0.2) is 28.7 Å². The van der Waals surface area contributed by atoms with Crippen molar-refractivity contribution in [2.45, 2.75) is 44.7 Å². The first-order chi connectivity index (χ1) is 9.01. The third kappa shape index (κ3) is 3.57. The minimum absolute atomic E-state index is 0.0190. The highest BCUT2D eigenvalue weighted by Gasteiger charge is 2.34. The van der Waals surface area contributed by atoms with Gasteiger partial charge >= 0.3 is 0 Å². The fraction of sp³-hybridized carbons (Fsp3) is 0.533. The Bertz CT molecular complexity index is 455. The molecule has 0 saturated carbocycles. The van der Waals surface area contributed by atoms with E-state index in [2.05, 4.69) is 26.6 Å². The minimum atomic E-state index is -0.418. The average molecular weight is 325 g/mol. The van der Waals surface area contributed by atoms with Gasteiger partial charge in [0.15, 0.2) is 0 Å². The van der Waals surface area contributed by atoms with Crippen molar-refractivity contribution in [1.82, 2.24) is 10.6 Å². The normalized spacial score (nSPS) is 24.8. The number of carbonyl (C=O) groups is 1. The molecule has 0 aromatic heterocycles. The fourth-order valence-corrected chi connectivity index (χ4v) is 2.88. The number of piperidine rings is 1. The van der Waals surface area contributed by atoms with Crippen LogP contribution in [-0.2, 0) is 4.79 Å². The van der Waals surface area contributed by atoms with Crippen molar-refractivity contribution >= 4 is 21.8 Å². The number of rotatable bonds is 3. The summed E-state index contributed by atoms with van der Waals surface area (Å²) < 4.78 is 1.04. The van der Waals surface area contributed by atoms with E-state index in [0.717, 1.165) is 35.8 Å². The van der Waals surface area contributed by atoms with E-state index < -0.39 is 5.54 Å². The second-order valence-corrected chi connectivity index (χ2v) is 6.38. The second kappa shape index (κ2) is 6.06. The molecule has 4 heteroatoms. The number of hydrogen-bond acceptors (Lipinski definition) is 2. The molecule has 2 unspecified atom stereocenters. The van der Waals surface area contributed by atoms with E-state index in [1.807, 2.05) is 38.1 Å². The highest BCUT2D eigenvalue weighted by Crippen LogP contribution is 2.22. The summed E-state index contributed by atoms with van der Waals surface area (Å²) in [5.74, 6) is 0.0969. The topological polar surface area (TPSA) is 41.1 Å². The maximum Gasteiger partial charge on any atom is 0.240 e. The Hall–Kier alpha value is -0.870. The van der Waals surface area contributed by atoms with Crippen molar-refractivity contribution in [3.05, 3.63) is 34.3 Å². The molecule has 0 aliphatic carbocycles. The molecule has 1 saturated heterocycles. The summed E-state index contributed by atoms with van der Waals surface area (Å²) in [5.41, 5.74) is 0.695. The first kappa shape index (κ1) is 14.5. The second-order valence-electron chi connectivity index (χ2n) is 5.47. The zero-order valence-electron chi connectivity index (χ0n) is 11.5. The van der Waals surface area contributed by atoms with E-state index in [4.69, 9.17) is 0 Å². The molecule has 3 nitrogen and oxygen atoms in total. The third-order valence-electron chi connectivity index (χ3n) is 3.82. The number of halogens is 1. The SMILES string of the molecule is CC(NC(=O)C1(C)CCCCN1)c1cccc(Br)c1. The van der Waals surface area contributed by atoms with Crippen LogP contribution in [0.25, 0.3) is 0 Å². The van der Waals surface area contributed by atoms with Crippen molar-refractivity contribution in [2.75, 3.05) is 6.54 Å². The molecule has 1 aromatic rings. The Morgan fingerprint density at radius 1 is 1.47 bits per heavy atom. The van der Waals surface area contributed by atoms with Crippen molar-refractivity contribution in [1.29, 1.82) is 0 Å². The van der Waals surface area contributed by atoms with Crippen LogP contribution in [0.1, 0.15) is 44.7 Å². The molecule has 2 N–H and O–H groups in total. The van der Waals surface area contributed by atoms with Crippen LogP contribution in [0.5, 0.6) is 0 Å². The number of amides is 1. The van der Waals surface area contributed by atoms with Gasteiger partial charge in [-0.2, -0.15) is 0 Å². The van der Waals surface area contributed by atoms with Crippen LogP contribution >= 0.6 is 15.9 Å². The average Bonchev–Trinajstić information content (AvgIpc) is 2.39. The quantitative estimate of drug-likeness (QED) is 0.896. The molecule has 1 aromatic carbocycles. The van der Waals surface area contributed by atoms with Crippen LogP contribution in [0, 0.1) is 0 Å². The Labute approximate surface area is 123 Å². The van der Waals surface area contributed by atoms with Crippen LogP contribution in [-0.4, -0.2) is 18.0 Å². The van der Waals surface area contributed by atoms with Crippen molar-refractivity contribution in [3.63, 3.8) is 0 Å². The summed E-state index contributed by atoms with van der Waals surface area (Å²) >= 11 is 3.46. The van der Waals surface area contributed by atoms with Gasteiger partial charge in [-0.1, -0.05) is 28.1 Å². The highest BCUT2D eigenvalue weighted by molar-refractivity contribution is 9.10. The summed E-state index contributed by atoms with van der Waals surface area (Å²) in [4.78, 5) is 12.4. The molecule has 0 bridgehead atoms. The zero-order chi connectivity index (χ0) is 13.9. The molecule has 0 radical (unpaired) electrons. The molecule has 1 aliphatic rings. The zero-order valence-corrected chi connectivity index (χ0v) is 13.1. The first-order valence-electron chi connectivity index (χ1n) is 6.83. The summed E-state index contributed by atoms with van der Waals surface area (Å²) in [7, 11) is 0. The number of benzene rings is 1. The summed E-state index contributed by atoms with van der Waals surface area (Å²) in [6.07, 6.45) is 3.18. The molecule has 104 valence electrons. The van der Waals surface area contributed by atoms with Crippen molar-refractivity contribution in [2.24, 2.45) is 0 Å². The predicted octanol–water partition coefficient (Wildman–Crippen LogP) is 3.16. The predicted molar refractivity (Wildman–Crippen MR) is 81.0 cm³/mol. The smallest absolute Gasteiger partial charge is 0.240 e. The molecular formula is C15H21BrN2O. The highest BCUT2D eigenvalue weighted by atomic mass is 79.9. The van der Waals surface area contributed by atoms with Gasteiger partial charge in [-0.15, -0.1) is 0 Å². The van der Waals surface area contributed by atoms with Gasteiger partial charge in [0.25, 0.3) is 0 Å². The number of nitrogens with one attached hydrogen (secondary N) is 2. The molecule has 1 heterocycles. The molecule has 0 spiro atoms. The monoisotopic (exact) mass is 324 g/mol. The van der Waals surface area contributed by atoms with Gasteiger partial charge in [0, 0.05) is 4.47 Å². The summed E-state index contributed by atoms with van der Waals surface area (Å²) in [6, 6.07) is 8.07. The summed E-state index contributed by atoms with van der Waals surface area (Å²) in [6.45, 7) is 4.94. The Balaban J connectivity index is 2.02. The van der Waals surface area contributed by atoms with E-state index in [0.29, 0.717) is 0 Å². The summed E-state index contributed by atoms with van der Waals surface area (Å²) in [5, 5.41) is 6.45. The molecular weight excluding hydrogens is 304 g/mol. The Morgan fingerprint density at radius 2 is 2.26 bits per heavy atom. The van der Waals surface area contributed by atoms with Crippen molar-refractivity contribution < 1.29 is 4.79 Å². The standard InChI is InChI=1S/C15H21BrN2O/c1-11(12-6-5-7-13(16)10-12)18-14(19)15(2)8-3-4-9-17-15/h5-7,10-11,17H,3-4,8-9H2,1-2H3,(H,18,19). The lowest BCUT2D eigenvalue weighted by Gasteiger charge is -2.34. The van der Waals surface area contributed by atoms with E-state index in [9.17, 15) is 4.79 Å². The van der Waals surface area contributed by atoms with Crippen LogP contribution in [0.3, 0.4) is 0 Å². The van der Waals surface area contributed by atoms with Gasteiger partial charge in [-0.05, 0) is 57.4 Å². The molecule has 1 fully saturated rings. The van der Waals surface area contributed by atoms with Gasteiger partial charge in [-0.3, -0.25) is 4.79 Å². The number of hydrogen-bond donors (Lipinski definition) is 2. The molecule has 19 heavy (non-hydrogen) atoms.